The largest absolute Gasteiger partial charge is 0.493 e. The zero-order valence-electron chi connectivity index (χ0n) is 25.9. The summed E-state index contributed by atoms with van der Waals surface area (Å²) in [6.45, 7) is 7.92. The molecule has 1 aromatic heterocycles. The highest BCUT2D eigenvalue weighted by molar-refractivity contribution is 6.31. The number of hydrogen-bond donors (Lipinski definition) is 1. The third-order valence-electron chi connectivity index (χ3n) is 8.94. The topological polar surface area (TPSA) is 76.5 Å². The first kappa shape index (κ1) is 30.8. The maximum absolute atomic E-state index is 15.1. The van der Waals surface area contributed by atoms with Crippen molar-refractivity contribution in [2.24, 2.45) is 5.92 Å². The van der Waals surface area contributed by atoms with E-state index in [0.29, 0.717) is 37.8 Å². The Morgan fingerprint density at radius 1 is 1.16 bits per heavy atom. The fraction of sp³-hybridized carbons (Fsp3) is 0.361. The van der Waals surface area contributed by atoms with Crippen LogP contribution < -0.4 is 15.0 Å². The van der Waals surface area contributed by atoms with E-state index in [1.54, 1.807) is 10.9 Å². The Morgan fingerprint density at radius 3 is 2.78 bits per heavy atom. The van der Waals surface area contributed by atoms with Crippen molar-refractivity contribution in [3.8, 4) is 16.9 Å². The van der Waals surface area contributed by atoms with E-state index in [2.05, 4.69) is 36.4 Å². The lowest BCUT2D eigenvalue weighted by Gasteiger charge is -2.30. The van der Waals surface area contributed by atoms with Crippen LogP contribution in [-0.4, -0.2) is 41.3 Å². The van der Waals surface area contributed by atoms with Gasteiger partial charge in [-0.2, -0.15) is 5.10 Å². The van der Waals surface area contributed by atoms with Crippen LogP contribution in [0, 0.1) is 25.6 Å². The number of ether oxygens (including phenoxy) is 1. The monoisotopic (exact) mass is 628 g/mol. The molecule has 7 nitrogen and oxygen atoms in total. The first-order chi connectivity index (χ1) is 21.7. The van der Waals surface area contributed by atoms with Crippen molar-refractivity contribution < 1.29 is 18.7 Å². The summed E-state index contributed by atoms with van der Waals surface area (Å²) in [5, 5.41) is 7.44. The van der Waals surface area contributed by atoms with Crippen LogP contribution in [0.25, 0.3) is 11.1 Å². The molecule has 45 heavy (non-hydrogen) atoms. The molecule has 1 fully saturated rings. The first-order valence-electron chi connectivity index (χ1n) is 15.7. The number of fused-ring (bicyclic) bond motifs is 3. The van der Waals surface area contributed by atoms with Gasteiger partial charge in [0.25, 0.3) is 5.91 Å². The van der Waals surface area contributed by atoms with Gasteiger partial charge in [0.15, 0.2) is 0 Å². The lowest BCUT2D eigenvalue weighted by molar-refractivity contribution is -0.119. The minimum atomic E-state index is -0.548. The molecule has 9 heteroatoms. The Morgan fingerprint density at radius 2 is 1.98 bits per heavy atom. The average Bonchev–Trinajstić information content (AvgIpc) is 3.68. The van der Waals surface area contributed by atoms with Crippen LogP contribution in [-0.2, 0) is 11.3 Å². The fourth-order valence-electron chi connectivity index (χ4n) is 6.20. The molecule has 2 heterocycles. The lowest BCUT2D eigenvalue weighted by atomic mass is 9.92. The summed E-state index contributed by atoms with van der Waals surface area (Å²) in [7, 11) is 0. The maximum atomic E-state index is 15.1. The van der Waals surface area contributed by atoms with Gasteiger partial charge in [0, 0.05) is 53.1 Å². The molecule has 0 radical (unpaired) electrons. The fourth-order valence-corrected chi connectivity index (χ4v) is 6.47. The second-order valence-corrected chi connectivity index (χ2v) is 12.5. The van der Waals surface area contributed by atoms with Crippen LogP contribution in [0.3, 0.4) is 0 Å². The van der Waals surface area contributed by atoms with Crippen LogP contribution in [0.15, 0.2) is 60.9 Å². The summed E-state index contributed by atoms with van der Waals surface area (Å²) in [6, 6.07) is 14.8. The van der Waals surface area contributed by atoms with Gasteiger partial charge in [-0.25, -0.2) is 4.39 Å². The molecule has 1 aliphatic heterocycles. The summed E-state index contributed by atoms with van der Waals surface area (Å²) >= 11 is 6.43. The van der Waals surface area contributed by atoms with Crippen LogP contribution in [0.2, 0.25) is 5.02 Å². The van der Waals surface area contributed by atoms with Crippen molar-refractivity contribution in [1.82, 2.24) is 15.1 Å². The van der Waals surface area contributed by atoms with Gasteiger partial charge in [0.1, 0.15) is 11.6 Å². The highest BCUT2D eigenvalue weighted by Gasteiger charge is 2.47. The van der Waals surface area contributed by atoms with Gasteiger partial charge in [0.05, 0.1) is 19.3 Å². The minimum absolute atomic E-state index is 0.107. The number of aromatic nitrogens is 2. The van der Waals surface area contributed by atoms with Crippen LogP contribution in [0.1, 0.15) is 71.1 Å². The van der Waals surface area contributed by atoms with Gasteiger partial charge in [0.2, 0.25) is 5.91 Å². The number of halogens is 2. The molecular weight excluding hydrogens is 591 g/mol. The number of aryl methyl sites for hydroxylation is 1. The van der Waals surface area contributed by atoms with E-state index in [-0.39, 0.29) is 34.5 Å². The Labute approximate surface area is 268 Å². The molecule has 0 bridgehead atoms. The van der Waals surface area contributed by atoms with Crippen molar-refractivity contribution in [1.29, 1.82) is 0 Å². The summed E-state index contributed by atoms with van der Waals surface area (Å²) in [4.78, 5) is 27.7. The lowest BCUT2D eigenvalue weighted by Crippen LogP contribution is -2.36. The summed E-state index contributed by atoms with van der Waals surface area (Å²) in [5.41, 5.74) is 6.87. The molecule has 4 aromatic rings. The number of carbonyl (C=O) groups is 2. The van der Waals surface area contributed by atoms with E-state index < -0.39 is 5.82 Å². The van der Waals surface area contributed by atoms with Crippen LogP contribution >= 0.6 is 11.6 Å². The van der Waals surface area contributed by atoms with Crippen molar-refractivity contribution in [3.63, 3.8) is 0 Å². The zero-order chi connectivity index (χ0) is 31.7. The summed E-state index contributed by atoms with van der Waals surface area (Å²) in [5.74, 6) is 0.938. The Balaban J connectivity index is 1.15. The number of amides is 2. The average molecular weight is 629 g/mol. The number of carbonyl (C=O) groups excluding carboxylic acids is 2. The molecule has 1 saturated carbocycles. The minimum Gasteiger partial charge on any atom is -0.493 e. The molecule has 2 atom stereocenters. The molecule has 1 N–H and O–H groups in total. The normalized spacial score (nSPS) is 16.6. The molecular formula is C36H38ClFN4O3. The molecule has 2 aliphatic rings. The Hall–Kier alpha value is -4.17. The molecule has 0 saturated heterocycles. The second kappa shape index (κ2) is 13.1. The number of anilines is 1. The van der Waals surface area contributed by atoms with E-state index in [4.69, 9.17) is 16.3 Å². The molecule has 0 spiro atoms. The second-order valence-electron chi connectivity index (χ2n) is 12.1. The smallest absolute Gasteiger partial charge is 0.251 e. The first-order valence-corrected chi connectivity index (χ1v) is 16.0. The molecule has 2 amide bonds. The van der Waals surface area contributed by atoms with Gasteiger partial charge < -0.3 is 15.0 Å². The van der Waals surface area contributed by atoms with E-state index in [1.807, 2.05) is 42.3 Å². The number of rotatable bonds is 11. The standard InChI is InChI=1S/C36H38ClFN4O3/c1-4-13-39-36(44)24-16-30(37)29(31(38)17-24)21-41-19-26(18-40-41)27-9-6-10-32-35(27)28-15-25(28)20-42(32)34(43)12-7-14-45-33-11-5-8-22(2)23(33)3/h5-6,8-11,16-19,25,28H,4,7,12-15,20-21H2,1-3H3,(H,39,44)/t25-,28-/m0/s1. The van der Waals surface area contributed by atoms with Crippen molar-refractivity contribution in [2.75, 3.05) is 24.6 Å². The van der Waals surface area contributed by atoms with Crippen molar-refractivity contribution in [2.45, 2.75) is 58.9 Å². The molecule has 0 unspecified atom stereocenters. The Kier molecular flexibility index (Phi) is 8.95. The summed E-state index contributed by atoms with van der Waals surface area (Å²) < 4.78 is 22.7. The highest BCUT2D eigenvalue weighted by Crippen LogP contribution is 2.57. The van der Waals surface area contributed by atoms with E-state index in [0.717, 1.165) is 47.5 Å². The quantitative estimate of drug-likeness (QED) is 0.175. The van der Waals surface area contributed by atoms with Gasteiger partial charge in [-0.1, -0.05) is 42.8 Å². The molecule has 3 aromatic carbocycles. The predicted molar refractivity (Wildman–Crippen MR) is 175 cm³/mol. The van der Waals surface area contributed by atoms with E-state index in [9.17, 15) is 9.59 Å². The van der Waals surface area contributed by atoms with Crippen LogP contribution in [0.5, 0.6) is 5.75 Å². The number of nitrogens with one attached hydrogen (secondary N) is 1. The highest BCUT2D eigenvalue weighted by atomic mass is 35.5. The SMILES string of the molecule is CCCNC(=O)c1cc(F)c(Cn2cc(-c3cccc4c3[C@H]3C[C@H]3CN4C(=O)CCCOc3cccc(C)c3C)cn2)c(Cl)c1. The third-order valence-corrected chi connectivity index (χ3v) is 9.27. The third kappa shape index (κ3) is 6.47. The molecule has 6 rings (SSSR count). The Bertz CT molecular complexity index is 1730. The van der Waals surface area contributed by atoms with Crippen LogP contribution in [0.4, 0.5) is 10.1 Å². The van der Waals surface area contributed by atoms with Gasteiger partial charge >= 0.3 is 0 Å². The summed E-state index contributed by atoms with van der Waals surface area (Å²) in [6.07, 6.45) is 6.55. The number of nitrogens with zero attached hydrogens (tertiary/aromatic N) is 3. The number of hydrogen-bond acceptors (Lipinski definition) is 4. The van der Waals surface area contributed by atoms with Gasteiger partial charge in [-0.05, 0) is 91.5 Å². The predicted octanol–water partition coefficient (Wildman–Crippen LogP) is 7.46. The van der Waals surface area contributed by atoms with Crippen molar-refractivity contribution in [3.05, 3.63) is 99.6 Å². The van der Waals surface area contributed by atoms with E-state index in [1.165, 1.54) is 23.3 Å². The zero-order valence-corrected chi connectivity index (χ0v) is 26.7. The van der Waals surface area contributed by atoms with Gasteiger partial charge in [-0.15, -0.1) is 0 Å². The maximum Gasteiger partial charge on any atom is 0.251 e. The molecule has 234 valence electrons. The molecule has 1 aliphatic carbocycles. The van der Waals surface area contributed by atoms with Gasteiger partial charge in [-0.3, -0.25) is 14.3 Å². The van der Waals surface area contributed by atoms with E-state index >= 15 is 4.39 Å². The number of benzene rings is 3. The van der Waals surface area contributed by atoms with Crippen molar-refractivity contribution >= 4 is 29.1 Å².